The van der Waals surface area contributed by atoms with Gasteiger partial charge in [-0.2, -0.15) is 0 Å². The van der Waals surface area contributed by atoms with Crippen LogP contribution in [0.5, 0.6) is 0 Å². The molecule has 32 heavy (non-hydrogen) atoms. The molecule has 1 amide bonds. The number of amides is 1. The first-order chi connectivity index (χ1) is 15.3. The number of benzene rings is 3. The van der Waals surface area contributed by atoms with E-state index in [-0.39, 0.29) is 15.6 Å². The van der Waals surface area contributed by atoms with Crippen molar-refractivity contribution in [2.75, 3.05) is 35.9 Å². The molecule has 0 spiro atoms. The molecule has 0 bridgehead atoms. The number of likely N-dealkylation sites (N-methyl/N-ethyl adjacent to an activating group) is 1. The zero-order valence-electron chi connectivity index (χ0n) is 17.4. The first kappa shape index (κ1) is 23.9. The standard InChI is InChI=1S/C23H23Cl2N3O3S/c1-27(19-8-4-2-5-9-19)15-14-26-23(29)17-28(22-13-12-18(24)16-21(22)25)32(30,31)20-10-6-3-7-11-20/h2-13,16H,14-15,17H2,1H3,(H,26,29). The maximum Gasteiger partial charge on any atom is 0.264 e. The molecule has 0 atom stereocenters. The van der Waals surface area contributed by atoms with Gasteiger partial charge in [-0.1, -0.05) is 59.6 Å². The van der Waals surface area contributed by atoms with Crippen molar-refractivity contribution in [3.05, 3.63) is 88.9 Å². The highest BCUT2D eigenvalue weighted by atomic mass is 35.5. The average Bonchev–Trinajstić information content (AvgIpc) is 2.79. The average molecular weight is 492 g/mol. The summed E-state index contributed by atoms with van der Waals surface area (Å²) in [6.07, 6.45) is 0. The largest absolute Gasteiger partial charge is 0.373 e. The fourth-order valence-electron chi connectivity index (χ4n) is 3.06. The SMILES string of the molecule is CN(CCNC(=O)CN(c1ccc(Cl)cc1Cl)S(=O)(=O)c1ccccc1)c1ccccc1. The molecule has 0 aliphatic carbocycles. The molecular weight excluding hydrogens is 469 g/mol. The number of sulfonamides is 1. The first-order valence-electron chi connectivity index (χ1n) is 9.85. The van der Waals surface area contributed by atoms with Crippen molar-refractivity contribution in [1.82, 2.24) is 5.32 Å². The Morgan fingerprint density at radius 3 is 2.19 bits per heavy atom. The number of hydrogen-bond donors (Lipinski definition) is 1. The Hall–Kier alpha value is -2.74. The Balaban J connectivity index is 1.76. The number of carbonyl (C=O) groups excluding carboxylic acids is 1. The molecule has 3 rings (SSSR count). The molecule has 0 heterocycles. The van der Waals surface area contributed by atoms with E-state index in [1.807, 2.05) is 42.3 Å². The van der Waals surface area contributed by atoms with Crippen LogP contribution < -0.4 is 14.5 Å². The number of rotatable bonds is 9. The zero-order chi connectivity index (χ0) is 23.1. The lowest BCUT2D eigenvalue weighted by atomic mass is 10.3. The molecule has 0 saturated carbocycles. The highest BCUT2D eigenvalue weighted by molar-refractivity contribution is 7.92. The summed E-state index contributed by atoms with van der Waals surface area (Å²) in [5.74, 6) is -0.447. The molecule has 6 nitrogen and oxygen atoms in total. The number of nitrogens with zero attached hydrogens (tertiary/aromatic N) is 2. The van der Waals surface area contributed by atoms with E-state index in [4.69, 9.17) is 23.2 Å². The maximum absolute atomic E-state index is 13.3. The van der Waals surface area contributed by atoms with E-state index < -0.39 is 22.5 Å². The Kier molecular flexibility index (Phi) is 8.01. The number of hydrogen-bond acceptors (Lipinski definition) is 4. The van der Waals surface area contributed by atoms with Crippen molar-refractivity contribution < 1.29 is 13.2 Å². The zero-order valence-corrected chi connectivity index (χ0v) is 19.7. The van der Waals surface area contributed by atoms with Crippen LogP contribution in [0.4, 0.5) is 11.4 Å². The van der Waals surface area contributed by atoms with Gasteiger partial charge in [0.15, 0.2) is 0 Å². The molecule has 168 valence electrons. The fraction of sp³-hybridized carbons (Fsp3) is 0.174. The second-order valence-corrected chi connectivity index (χ2v) is 9.73. The Bertz CT molecular complexity index is 1160. The molecular formula is C23H23Cl2N3O3S. The molecule has 9 heteroatoms. The molecule has 0 aromatic heterocycles. The Morgan fingerprint density at radius 1 is 0.938 bits per heavy atom. The van der Waals surface area contributed by atoms with Gasteiger partial charge in [-0.05, 0) is 42.5 Å². The Labute approximate surface area is 198 Å². The highest BCUT2D eigenvalue weighted by Gasteiger charge is 2.28. The third-order valence-electron chi connectivity index (χ3n) is 4.76. The molecule has 3 aromatic rings. The molecule has 0 saturated heterocycles. The lowest BCUT2D eigenvalue weighted by molar-refractivity contribution is -0.119. The van der Waals surface area contributed by atoms with Gasteiger partial charge in [-0.3, -0.25) is 9.10 Å². The summed E-state index contributed by atoms with van der Waals surface area (Å²) in [5, 5.41) is 3.28. The third-order valence-corrected chi connectivity index (χ3v) is 7.07. The van der Waals surface area contributed by atoms with Crippen LogP contribution in [0.3, 0.4) is 0 Å². The minimum Gasteiger partial charge on any atom is -0.373 e. The molecule has 0 unspecified atom stereocenters. The van der Waals surface area contributed by atoms with Gasteiger partial charge < -0.3 is 10.2 Å². The topological polar surface area (TPSA) is 69.7 Å². The van der Waals surface area contributed by atoms with E-state index in [1.54, 1.807) is 18.2 Å². The summed E-state index contributed by atoms with van der Waals surface area (Å²) in [5.41, 5.74) is 1.19. The van der Waals surface area contributed by atoms with E-state index >= 15 is 0 Å². The predicted molar refractivity (Wildman–Crippen MR) is 130 cm³/mol. The van der Waals surface area contributed by atoms with Gasteiger partial charge >= 0.3 is 0 Å². The van der Waals surface area contributed by atoms with E-state index in [9.17, 15) is 13.2 Å². The van der Waals surface area contributed by atoms with Crippen molar-refractivity contribution in [2.24, 2.45) is 0 Å². The minimum atomic E-state index is -4.03. The second kappa shape index (κ2) is 10.7. The number of nitrogens with one attached hydrogen (secondary N) is 1. The van der Waals surface area contributed by atoms with Crippen LogP contribution in [0.25, 0.3) is 0 Å². The van der Waals surface area contributed by atoms with Crippen LogP contribution in [0, 0.1) is 0 Å². The number of para-hydroxylation sites is 1. The monoisotopic (exact) mass is 491 g/mol. The molecule has 0 aliphatic rings. The normalized spacial score (nSPS) is 11.1. The van der Waals surface area contributed by atoms with E-state index in [0.717, 1.165) is 9.99 Å². The first-order valence-corrected chi connectivity index (χ1v) is 12.0. The van der Waals surface area contributed by atoms with E-state index in [0.29, 0.717) is 18.1 Å². The smallest absolute Gasteiger partial charge is 0.264 e. The maximum atomic E-state index is 13.3. The second-order valence-electron chi connectivity index (χ2n) is 7.03. The molecule has 3 aromatic carbocycles. The number of anilines is 2. The van der Waals surface area contributed by atoms with Gasteiger partial charge in [0.25, 0.3) is 10.0 Å². The molecule has 0 radical (unpaired) electrons. The summed E-state index contributed by atoms with van der Waals surface area (Å²) in [6, 6.07) is 22.1. The summed E-state index contributed by atoms with van der Waals surface area (Å²) >= 11 is 12.3. The quantitative estimate of drug-likeness (QED) is 0.480. The fourth-order valence-corrected chi connectivity index (χ4v) is 5.09. The predicted octanol–water partition coefficient (Wildman–Crippen LogP) is 4.44. The lowest BCUT2D eigenvalue weighted by Gasteiger charge is -2.25. The minimum absolute atomic E-state index is 0.0580. The van der Waals surface area contributed by atoms with Crippen molar-refractivity contribution in [1.29, 1.82) is 0 Å². The molecule has 0 aliphatic heterocycles. The van der Waals surface area contributed by atoms with Gasteiger partial charge in [0.05, 0.1) is 15.6 Å². The van der Waals surface area contributed by atoms with E-state index in [1.165, 1.54) is 30.3 Å². The van der Waals surface area contributed by atoms with Gasteiger partial charge in [0, 0.05) is 30.8 Å². The van der Waals surface area contributed by atoms with Crippen LogP contribution in [0.15, 0.2) is 83.8 Å². The van der Waals surface area contributed by atoms with Crippen LogP contribution in [-0.2, 0) is 14.8 Å². The van der Waals surface area contributed by atoms with Gasteiger partial charge in [-0.25, -0.2) is 8.42 Å². The summed E-state index contributed by atoms with van der Waals surface area (Å²) in [7, 11) is -2.12. The number of halogens is 2. The van der Waals surface area contributed by atoms with Crippen LogP contribution in [0.1, 0.15) is 0 Å². The van der Waals surface area contributed by atoms with E-state index in [2.05, 4.69) is 5.32 Å². The molecule has 0 fully saturated rings. The third kappa shape index (κ3) is 5.94. The van der Waals surface area contributed by atoms with Crippen LogP contribution >= 0.6 is 23.2 Å². The van der Waals surface area contributed by atoms with Crippen LogP contribution in [-0.4, -0.2) is 41.0 Å². The van der Waals surface area contributed by atoms with Gasteiger partial charge in [0.2, 0.25) is 5.91 Å². The Morgan fingerprint density at radius 2 is 1.56 bits per heavy atom. The van der Waals surface area contributed by atoms with Crippen molar-refractivity contribution >= 4 is 50.5 Å². The summed E-state index contributed by atoms with van der Waals surface area (Å²) < 4.78 is 27.6. The van der Waals surface area contributed by atoms with Crippen molar-refractivity contribution in [3.63, 3.8) is 0 Å². The van der Waals surface area contributed by atoms with Gasteiger partial charge in [0.1, 0.15) is 6.54 Å². The van der Waals surface area contributed by atoms with Gasteiger partial charge in [-0.15, -0.1) is 0 Å². The van der Waals surface area contributed by atoms with Crippen LogP contribution in [0.2, 0.25) is 10.0 Å². The molecule has 1 N–H and O–H groups in total. The van der Waals surface area contributed by atoms with Crippen molar-refractivity contribution in [3.8, 4) is 0 Å². The summed E-state index contributed by atoms with van der Waals surface area (Å²) in [6.45, 7) is 0.480. The number of carbonyl (C=O) groups is 1. The summed E-state index contributed by atoms with van der Waals surface area (Å²) in [4.78, 5) is 14.7. The van der Waals surface area contributed by atoms with Crippen molar-refractivity contribution in [2.45, 2.75) is 4.90 Å². The highest BCUT2D eigenvalue weighted by Crippen LogP contribution is 2.32. The lowest BCUT2D eigenvalue weighted by Crippen LogP contribution is -2.42.